The quantitative estimate of drug-likeness (QED) is 0.586. The Kier molecular flexibility index (Phi) is 4.68. The number of nitro benzene ring substituents is 2. The molecular formula is C14H12N3O7+. The van der Waals surface area contributed by atoms with Crippen LogP contribution in [0.25, 0.3) is 0 Å². The lowest BCUT2D eigenvalue weighted by Crippen LogP contribution is -2.18. The third kappa shape index (κ3) is 3.80. The van der Waals surface area contributed by atoms with Crippen molar-refractivity contribution in [1.29, 1.82) is 0 Å². The van der Waals surface area contributed by atoms with Crippen LogP contribution >= 0.6 is 0 Å². The second-order valence-electron chi connectivity index (χ2n) is 4.82. The minimum Gasteiger partial charge on any atom is -0.258 e. The molecule has 0 aliphatic carbocycles. The monoisotopic (exact) mass is 334 g/mol. The first-order valence-corrected chi connectivity index (χ1v) is 6.61. The maximum atomic E-state index is 11.8. The highest BCUT2D eigenvalue weighted by molar-refractivity contribution is 5.44. The van der Waals surface area contributed by atoms with Gasteiger partial charge >= 0.3 is 5.09 Å². The molecule has 0 bridgehead atoms. The van der Waals surface area contributed by atoms with Crippen molar-refractivity contribution < 1.29 is 24.6 Å². The summed E-state index contributed by atoms with van der Waals surface area (Å²) >= 11 is 0. The number of nitro groups is 2. The van der Waals surface area contributed by atoms with Gasteiger partial charge in [0.25, 0.3) is 11.4 Å². The number of benzene rings is 2. The highest BCUT2D eigenvalue weighted by Crippen LogP contribution is 2.26. The third-order valence-electron chi connectivity index (χ3n) is 3.11. The maximum absolute atomic E-state index is 11.8. The second-order valence-corrected chi connectivity index (χ2v) is 4.82. The van der Waals surface area contributed by atoms with Gasteiger partial charge in [0.2, 0.25) is 11.5 Å². The Hall–Kier alpha value is -3.56. The van der Waals surface area contributed by atoms with E-state index in [0.717, 1.165) is 12.1 Å². The molecule has 0 heterocycles. The van der Waals surface area contributed by atoms with E-state index in [2.05, 4.69) is 0 Å². The van der Waals surface area contributed by atoms with E-state index in [1.165, 1.54) is 24.3 Å². The van der Waals surface area contributed by atoms with Crippen LogP contribution in [0.15, 0.2) is 36.4 Å². The largest absolute Gasteiger partial charge is 0.489 e. The fourth-order valence-corrected chi connectivity index (χ4v) is 1.78. The van der Waals surface area contributed by atoms with Gasteiger partial charge in [0.05, 0.1) is 22.0 Å². The summed E-state index contributed by atoms with van der Waals surface area (Å²) in [6, 6.07) is 7.51. The van der Waals surface area contributed by atoms with Crippen molar-refractivity contribution in [2.75, 3.05) is 0 Å². The molecule has 0 aliphatic heterocycles. The molecule has 10 heteroatoms. The standard InChI is InChI=1S/C14H12N3O7/c1-9-3-5-11(15(18)19)7-13(9)23-17(22)24-14-8-12(16(20)21)6-4-10(14)2/h3-8H,1-2H3/q+1. The number of aryl methyl sites for hydroxylation is 2. The Morgan fingerprint density at radius 2 is 1.12 bits per heavy atom. The van der Waals surface area contributed by atoms with Gasteiger partial charge in [-0.25, -0.2) is 0 Å². The molecule has 0 N–H and O–H groups in total. The molecule has 2 rings (SSSR count). The lowest BCUT2D eigenvalue weighted by molar-refractivity contribution is -0.920. The van der Waals surface area contributed by atoms with Gasteiger partial charge in [0.15, 0.2) is 0 Å². The first-order chi connectivity index (χ1) is 11.3. The zero-order chi connectivity index (χ0) is 17.9. The first-order valence-electron chi connectivity index (χ1n) is 6.61. The van der Waals surface area contributed by atoms with Crippen molar-refractivity contribution >= 4 is 11.4 Å². The average molecular weight is 334 g/mol. The van der Waals surface area contributed by atoms with Crippen LogP contribution in [0.3, 0.4) is 0 Å². The van der Waals surface area contributed by atoms with Gasteiger partial charge in [-0.15, -0.1) is 9.68 Å². The van der Waals surface area contributed by atoms with Crippen LogP contribution in [0.5, 0.6) is 11.5 Å². The van der Waals surface area contributed by atoms with Crippen LogP contribution in [0.4, 0.5) is 11.4 Å². The maximum Gasteiger partial charge on any atom is 0.489 e. The van der Waals surface area contributed by atoms with Crippen molar-refractivity contribution in [2.24, 2.45) is 0 Å². The molecule has 0 saturated heterocycles. The smallest absolute Gasteiger partial charge is 0.258 e. The lowest BCUT2D eigenvalue weighted by Gasteiger charge is -2.01. The van der Waals surface area contributed by atoms with Gasteiger partial charge in [-0.3, -0.25) is 20.2 Å². The van der Waals surface area contributed by atoms with E-state index in [-0.39, 0.29) is 28.0 Å². The van der Waals surface area contributed by atoms with Crippen LogP contribution < -0.4 is 9.68 Å². The topological polar surface area (TPSA) is 125 Å². The average Bonchev–Trinajstić information content (AvgIpc) is 2.51. The lowest BCUT2D eigenvalue weighted by atomic mass is 10.2. The minimum absolute atomic E-state index is 0.0673. The molecule has 24 heavy (non-hydrogen) atoms. The molecule has 0 spiro atoms. The Morgan fingerprint density at radius 1 is 0.750 bits per heavy atom. The summed E-state index contributed by atoms with van der Waals surface area (Å²) in [6.07, 6.45) is 0. The number of hydrogen-bond acceptors (Lipinski definition) is 7. The molecular weight excluding hydrogens is 322 g/mol. The van der Waals surface area contributed by atoms with E-state index in [4.69, 9.17) is 9.68 Å². The van der Waals surface area contributed by atoms with Crippen molar-refractivity contribution in [3.8, 4) is 11.5 Å². The molecule has 0 aromatic heterocycles. The number of hydrogen-bond donors (Lipinski definition) is 0. The highest BCUT2D eigenvalue weighted by Gasteiger charge is 2.23. The number of nitrogens with zero attached hydrogens (tertiary/aromatic N) is 3. The van der Waals surface area contributed by atoms with Crippen LogP contribution in [0.1, 0.15) is 11.1 Å². The van der Waals surface area contributed by atoms with Crippen LogP contribution in [-0.4, -0.2) is 14.9 Å². The second kappa shape index (κ2) is 6.69. The molecule has 0 amide bonds. The molecule has 10 nitrogen and oxygen atoms in total. The minimum atomic E-state index is -0.632. The molecule has 0 fully saturated rings. The highest BCUT2D eigenvalue weighted by atomic mass is 17.0. The summed E-state index contributed by atoms with van der Waals surface area (Å²) in [5, 5.41) is 21.2. The molecule has 2 aromatic carbocycles. The van der Waals surface area contributed by atoms with Crippen LogP contribution in [-0.2, 0) is 0 Å². The summed E-state index contributed by atoms with van der Waals surface area (Å²) < 4.78 is 0. The molecule has 2 aromatic rings. The SMILES string of the molecule is Cc1ccc([N+](=O)[O-])cc1O[N+](=O)Oc1cc([N+](=O)[O-])ccc1C. The molecule has 0 saturated carbocycles. The van der Waals surface area contributed by atoms with Gasteiger partial charge < -0.3 is 0 Å². The van der Waals surface area contributed by atoms with Crippen LogP contribution in [0, 0.1) is 39.0 Å². The predicted octanol–water partition coefficient (Wildman–Crippen LogP) is 3.19. The van der Waals surface area contributed by atoms with Gasteiger partial charge in [0.1, 0.15) is 4.91 Å². The molecule has 0 aliphatic rings. The summed E-state index contributed by atoms with van der Waals surface area (Å²) in [5.41, 5.74) is 0.438. The van der Waals surface area contributed by atoms with E-state index < -0.39 is 9.85 Å². The number of non-ortho nitro benzene ring substituents is 2. The normalized spacial score (nSPS) is 10.1. The van der Waals surface area contributed by atoms with E-state index in [1.807, 2.05) is 0 Å². The summed E-state index contributed by atoms with van der Waals surface area (Å²) in [4.78, 5) is 41.8. The van der Waals surface area contributed by atoms with E-state index in [9.17, 15) is 25.1 Å². The fourth-order valence-electron chi connectivity index (χ4n) is 1.78. The van der Waals surface area contributed by atoms with Crippen molar-refractivity contribution in [3.05, 3.63) is 72.7 Å². The van der Waals surface area contributed by atoms with Gasteiger partial charge in [-0.2, -0.15) is 0 Å². The van der Waals surface area contributed by atoms with Crippen molar-refractivity contribution in [2.45, 2.75) is 13.8 Å². The van der Waals surface area contributed by atoms with Crippen molar-refractivity contribution in [3.63, 3.8) is 0 Å². The molecule has 0 atom stereocenters. The molecule has 0 unspecified atom stereocenters. The summed E-state index contributed by atoms with van der Waals surface area (Å²) in [7, 11) is 0. The predicted molar refractivity (Wildman–Crippen MR) is 80.6 cm³/mol. The Labute approximate surface area is 135 Å². The van der Waals surface area contributed by atoms with Gasteiger partial charge in [0, 0.05) is 12.1 Å². The van der Waals surface area contributed by atoms with E-state index >= 15 is 0 Å². The summed E-state index contributed by atoms with van der Waals surface area (Å²) in [6.45, 7) is 3.18. The molecule has 0 radical (unpaired) electrons. The zero-order valence-electron chi connectivity index (χ0n) is 12.7. The number of rotatable bonds is 6. The Balaban J connectivity index is 2.20. The van der Waals surface area contributed by atoms with Gasteiger partial charge in [-0.1, -0.05) is 0 Å². The van der Waals surface area contributed by atoms with E-state index in [1.54, 1.807) is 13.8 Å². The first kappa shape index (κ1) is 16.8. The fraction of sp³-hybridized carbons (Fsp3) is 0.143. The Bertz CT molecular complexity index is 768. The van der Waals surface area contributed by atoms with Gasteiger partial charge in [-0.05, 0) is 37.1 Å². The Morgan fingerprint density at radius 3 is 1.46 bits per heavy atom. The summed E-state index contributed by atoms with van der Waals surface area (Å²) in [5.74, 6) is -0.135. The van der Waals surface area contributed by atoms with Crippen molar-refractivity contribution in [1.82, 2.24) is 0 Å². The third-order valence-corrected chi connectivity index (χ3v) is 3.11. The zero-order valence-corrected chi connectivity index (χ0v) is 12.7. The van der Waals surface area contributed by atoms with E-state index in [0.29, 0.717) is 11.1 Å². The van der Waals surface area contributed by atoms with Crippen LogP contribution in [0.2, 0.25) is 0 Å². The molecule has 124 valence electrons.